The summed E-state index contributed by atoms with van der Waals surface area (Å²) in [5.41, 5.74) is 0.527. The van der Waals surface area contributed by atoms with Crippen molar-refractivity contribution >= 4 is 29.3 Å². The van der Waals surface area contributed by atoms with E-state index in [-0.39, 0.29) is 0 Å². The lowest BCUT2D eigenvalue weighted by molar-refractivity contribution is -0.141. The number of rotatable bonds is 4. The number of carboxylic acid groups (broad SMARTS) is 1. The van der Waals surface area contributed by atoms with E-state index in [1.54, 1.807) is 31.2 Å². The van der Waals surface area contributed by atoms with Gasteiger partial charge >= 0.3 is 12.0 Å². The number of carbonyl (C=O) groups excluding carboxylic acids is 1. The number of halogens is 1. The Kier molecular flexibility index (Phi) is 4.97. The Bertz CT molecular complexity index is 451. The smallest absolute Gasteiger partial charge is 0.326 e. The number of urea groups is 1. The van der Waals surface area contributed by atoms with Gasteiger partial charge in [0.25, 0.3) is 0 Å². The van der Waals surface area contributed by atoms with E-state index in [1.165, 1.54) is 7.05 Å². The monoisotopic (exact) mass is 270 g/mol. The number of nitrogens with one attached hydrogen (secondary N) is 1. The first-order chi connectivity index (χ1) is 8.45. The highest BCUT2D eigenvalue weighted by Crippen LogP contribution is 2.15. The van der Waals surface area contributed by atoms with Crippen molar-refractivity contribution in [2.24, 2.45) is 0 Å². The molecule has 0 heterocycles. The van der Waals surface area contributed by atoms with Gasteiger partial charge in [0.2, 0.25) is 0 Å². The number of aliphatic carboxylic acids is 1. The minimum absolute atomic E-state index is 0.342. The van der Waals surface area contributed by atoms with Crippen molar-refractivity contribution in [3.05, 3.63) is 29.3 Å². The zero-order chi connectivity index (χ0) is 13.7. The predicted molar refractivity (Wildman–Crippen MR) is 69.9 cm³/mol. The van der Waals surface area contributed by atoms with Gasteiger partial charge in [0.1, 0.15) is 6.04 Å². The minimum Gasteiger partial charge on any atom is -0.480 e. The number of anilines is 1. The lowest BCUT2D eigenvalue weighted by atomic mass is 10.2. The number of carboxylic acids is 1. The number of hydrogen-bond acceptors (Lipinski definition) is 2. The molecule has 1 rings (SSSR count). The second-order valence-corrected chi connectivity index (χ2v) is 4.25. The van der Waals surface area contributed by atoms with E-state index in [0.717, 1.165) is 4.90 Å². The van der Waals surface area contributed by atoms with E-state index >= 15 is 0 Å². The quantitative estimate of drug-likeness (QED) is 0.884. The zero-order valence-electron chi connectivity index (χ0n) is 10.2. The molecule has 0 spiro atoms. The van der Waals surface area contributed by atoms with Crippen LogP contribution < -0.4 is 5.32 Å². The van der Waals surface area contributed by atoms with E-state index in [4.69, 9.17) is 16.7 Å². The first-order valence-electron chi connectivity index (χ1n) is 5.48. The Morgan fingerprint density at radius 3 is 2.67 bits per heavy atom. The van der Waals surface area contributed by atoms with Crippen LogP contribution in [0.4, 0.5) is 10.5 Å². The third-order valence-corrected chi connectivity index (χ3v) is 2.77. The fourth-order valence-corrected chi connectivity index (χ4v) is 1.72. The van der Waals surface area contributed by atoms with E-state index in [9.17, 15) is 9.59 Å². The normalized spacial score (nSPS) is 11.7. The summed E-state index contributed by atoms with van der Waals surface area (Å²) in [7, 11) is 1.45. The molecule has 1 aromatic carbocycles. The average Bonchev–Trinajstić information content (AvgIpc) is 2.29. The molecule has 0 aliphatic heterocycles. The summed E-state index contributed by atoms with van der Waals surface area (Å²) < 4.78 is 0. The zero-order valence-corrected chi connectivity index (χ0v) is 10.9. The molecule has 0 saturated carbocycles. The summed E-state index contributed by atoms with van der Waals surface area (Å²) in [4.78, 5) is 23.9. The molecule has 0 radical (unpaired) electrons. The molecule has 2 N–H and O–H groups in total. The first kappa shape index (κ1) is 14.3. The van der Waals surface area contributed by atoms with Crippen molar-refractivity contribution in [3.8, 4) is 0 Å². The van der Waals surface area contributed by atoms with E-state index < -0.39 is 18.0 Å². The first-order valence-corrected chi connectivity index (χ1v) is 5.85. The molecule has 2 amide bonds. The molecule has 0 aliphatic rings. The summed E-state index contributed by atoms with van der Waals surface area (Å²) in [6.45, 7) is 1.71. The molecule has 0 bridgehead atoms. The van der Waals surface area contributed by atoms with Gasteiger partial charge in [0.15, 0.2) is 0 Å². The molecule has 1 atom stereocenters. The molecule has 0 aromatic heterocycles. The van der Waals surface area contributed by atoms with Gasteiger partial charge in [-0.25, -0.2) is 9.59 Å². The molecule has 1 aromatic rings. The minimum atomic E-state index is -1.03. The maximum Gasteiger partial charge on any atom is 0.326 e. The second kappa shape index (κ2) is 6.26. The number of amides is 2. The highest BCUT2D eigenvalue weighted by Gasteiger charge is 2.24. The number of benzene rings is 1. The SMILES string of the molecule is CCC(C(=O)O)N(C)C(=O)Nc1cccc(Cl)c1. The van der Waals surface area contributed by atoms with Gasteiger partial charge in [-0.05, 0) is 24.6 Å². The van der Waals surface area contributed by atoms with E-state index in [1.807, 2.05) is 0 Å². The van der Waals surface area contributed by atoms with E-state index in [0.29, 0.717) is 17.1 Å². The number of nitrogens with zero attached hydrogens (tertiary/aromatic N) is 1. The van der Waals surface area contributed by atoms with Gasteiger partial charge in [-0.15, -0.1) is 0 Å². The molecule has 18 heavy (non-hydrogen) atoms. The summed E-state index contributed by atoms with van der Waals surface area (Å²) >= 11 is 5.79. The fraction of sp³-hybridized carbons (Fsp3) is 0.333. The second-order valence-electron chi connectivity index (χ2n) is 3.81. The molecule has 5 nitrogen and oxygen atoms in total. The average molecular weight is 271 g/mol. The van der Waals surface area contributed by atoms with Crippen molar-refractivity contribution < 1.29 is 14.7 Å². The van der Waals surface area contributed by atoms with Crippen LogP contribution in [0.15, 0.2) is 24.3 Å². The van der Waals surface area contributed by atoms with E-state index in [2.05, 4.69) is 5.32 Å². The number of carbonyl (C=O) groups is 2. The fourth-order valence-electron chi connectivity index (χ4n) is 1.53. The highest BCUT2D eigenvalue weighted by molar-refractivity contribution is 6.30. The van der Waals surface area contributed by atoms with Crippen molar-refractivity contribution in [3.63, 3.8) is 0 Å². The summed E-state index contributed by atoms with van der Waals surface area (Å²) in [6.07, 6.45) is 0.342. The van der Waals surface area contributed by atoms with Crippen LogP contribution in [0.2, 0.25) is 5.02 Å². The van der Waals surface area contributed by atoms with Crippen LogP contribution in [0.25, 0.3) is 0 Å². The molecule has 0 fully saturated rings. The van der Waals surface area contributed by atoms with Crippen LogP contribution >= 0.6 is 11.6 Å². The third-order valence-electron chi connectivity index (χ3n) is 2.54. The van der Waals surface area contributed by atoms with Crippen LogP contribution in [-0.4, -0.2) is 35.1 Å². The predicted octanol–water partition coefficient (Wildman–Crippen LogP) is 2.67. The van der Waals surface area contributed by atoms with Crippen LogP contribution in [0, 0.1) is 0 Å². The van der Waals surface area contributed by atoms with Gasteiger partial charge in [-0.3, -0.25) is 0 Å². The standard InChI is InChI=1S/C12H15ClN2O3/c1-3-10(11(16)17)15(2)12(18)14-9-6-4-5-8(13)7-9/h4-7,10H,3H2,1-2H3,(H,14,18)(H,16,17). The maximum absolute atomic E-state index is 11.8. The summed E-state index contributed by atoms with van der Waals surface area (Å²) in [6, 6.07) is 5.34. The molecule has 6 heteroatoms. The lowest BCUT2D eigenvalue weighted by Gasteiger charge is -2.24. The molecular formula is C12H15ClN2O3. The van der Waals surface area contributed by atoms with Crippen LogP contribution in [0.3, 0.4) is 0 Å². The molecule has 0 aliphatic carbocycles. The largest absolute Gasteiger partial charge is 0.480 e. The van der Waals surface area contributed by atoms with Gasteiger partial charge in [-0.2, -0.15) is 0 Å². The lowest BCUT2D eigenvalue weighted by Crippen LogP contribution is -2.44. The number of hydrogen-bond donors (Lipinski definition) is 2. The highest BCUT2D eigenvalue weighted by atomic mass is 35.5. The van der Waals surface area contributed by atoms with Gasteiger partial charge in [0, 0.05) is 17.8 Å². The molecule has 0 saturated heterocycles. The Labute approximate surface area is 110 Å². The van der Waals surface area contributed by atoms with Gasteiger partial charge in [-0.1, -0.05) is 24.6 Å². The Morgan fingerprint density at radius 2 is 2.17 bits per heavy atom. The third kappa shape index (κ3) is 3.63. The van der Waals surface area contributed by atoms with Crippen molar-refractivity contribution in [2.45, 2.75) is 19.4 Å². The van der Waals surface area contributed by atoms with Gasteiger partial charge < -0.3 is 15.3 Å². The Morgan fingerprint density at radius 1 is 1.50 bits per heavy atom. The molecular weight excluding hydrogens is 256 g/mol. The van der Waals surface area contributed by atoms with Crippen LogP contribution in [0.5, 0.6) is 0 Å². The van der Waals surface area contributed by atoms with Crippen molar-refractivity contribution in [1.29, 1.82) is 0 Å². The maximum atomic E-state index is 11.8. The van der Waals surface area contributed by atoms with Crippen molar-refractivity contribution in [1.82, 2.24) is 4.90 Å². The molecule has 98 valence electrons. The van der Waals surface area contributed by atoms with Crippen LogP contribution in [0.1, 0.15) is 13.3 Å². The summed E-state index contributed by atoms with van der Waals surface area (Å²) in [5.74, 6) is -1.03. The Hall–Kier alpha value is -1.75. The summed E-state index contributed by atoms with van der Waals surface area (Å²) in [5, 5.41) is 12.1. The van der Waals surface area contributed by atoms with Crippen molar-refractivity contribution in [2.75, 3.05) is 12.4 Å². The van der Waals surface area contributed by atoms with Crippen LogP contribution in [-0.2, 0) is 4.79 Å². The van der Waals surface area contributed by atoms with Gasteiger partial charge in [0.05, 0.1) is 0 Å². The Balaban J connectivity index is 2.73. The molecule has 1 unspecified atom stereocenters. The topological polar surface area (TPSA) is 69.6 Å². The number of likely N-dealkylation sites (N-methyl/N-ethyl adjacent to an activating group) is 1.